The second-order valence-corrected chi connectivity index (χ2v) is 7.25. The topological polar surface area (TPSA) is 62.6 Å². The number of rotatable bonds is 6. The van der Waals surface area contributed by atoms with E-state index >= 15 is 0 Å². The summed E-state index contributed by atoms with van der Waals surface area (Å²) in [7, 11) is 1.83. The number of anilines is 2. The van der Waals surface area contributed by atoms with Crippen LogP contribution in [0.25, 0.3) is 10.8 Å². The molecule has 2 atom stereocenters. The molecule has 0 aromatic heterocycles. The number of fused-ring (bicyclic) bond motifs is 1. The van der Waals surface area contributed by atoms with Crippen molar-refractivity contribution in [3.63, 3.8) is 0 Å². The monoisotopic (exact) mass is 396 g/mol. The van der Waals surface area contributed by atoms with E-state index in [2.05, 4.69) is 10.6 Å². The van der Waals surface area contributed by atoms with Gasteiger partial charge in [-0.25, -0.2) is 0 Å². The van der Waals surface area contributed by atoms with Gasteiger partial charge in [-0.1, -0.05) is 48.0 Å². The van der Waals surface area contributed by atoms with Crippen molar-refractivity contribution in [3.8, 4) is 0 Å². The van der Waals surface area contributed by atoms with E-state index in [4.69, 9.17) is 11.6 Å². The van der Waals surface area contributed by atoms with Crippen LogP contribution in [0.3, 0.4) is 0 Å². The fraction of sp³-hybridized carbons (Fsp3) is 0.182. The third kappa shape index (κ3) is 4.88. The van der Waals surface area contributed by atoms with Gasteiger partial charge in [-0.15, -0.1) is 0 Å². The van der Waals surface area contributed by atoms with E-state index in [1.807, 2.05) is 56.4 Å². The third-order valence-electron chi connectivity index (χ3n) is 4.75. The molecule has 0 saturated heterocycles. The van der Waals surface area contributed by atoms with Gasteiger partial charge in [0.15, 0.2) is 12.6 Å². The fourth-order valence-corrected chi connectivity index (χ4v) is 3.07. The maximum absolute atomic E-state index is 12.7. The molecule has 5 nitrogen and oxygen atoms in total. The number of quaternary nitrogens is 1. The Bertz CT molecular complexity index is 983. The van der Waals surface area contributed by atoms with E-state index < -0.39 is 6.04 Å². The van der Waals surface area contributed by atoms with Crippen LogP contribution in [0.15, 0.2) is 66.7 Å². The molecule has 3 aromatic carbocycles. The van der Waals surface area contributed by atoms with Gasteiger partial charge >= 0.3 is 0 Å². The standard InChI is InChI=1S/C22H22ClN3O2/c1-15(26(2)14-21(27)24-18-12-10-17(23)11-13-18)22(28)25-20-9-5-7-16-6-3-4-8-19(16)20/h3-13,15H,14H2,1-2H3,(H,24,27)(H,25,28)/p+1/t15-/m1/s1. The normalized spacial score (nSPS) is 13.0. The molecule has 144 valence electrons. The lowest BCUT2D eigenvalue weighted by Gasteiger charge is -2.21. The number of benzene rings is 3. The van der Waals surface area contributed by atoms with Crippen LogP contribution in [-0.4, -0.2) is 31.4 Å². The van der Waals surface area contributed by atoms with Crippen molar-refractivity contribution in [1.82, 2.24) is 0 Å². The number of likely N-dealkylation sites (N-methyl/N-ethyl adjacent to an activating group) is 1. The van der Waals surface area contributed by atoms with Crippen LogP contribution in [0.2, 0.25) is 5.02 Å². The van der Waals surface area contributed by atoms with E-state index in [9.17, 15) is 9.59 Å². The molecule has 0 fully saturated rings. The Balaban J connectivity index is 1.60. The summed E-state index contributed by atoms with van der Waals surface area (Å²) in [5.41, 5.74) is 1.45. The molecular formula is C22H23ClN3O2+. The third-order valence-corrected chi connectivity index (χ3v) is 5.00. The van der Waals surface area contributed by atoms with Crippen molar-refractivity contribution in [2.75, 3.05) is 24.2 Å². The largest absolute Gasteiger partial charge is 0.321 e. The van der Waals surface area contributed by atoms with Gasteiger partial charge in [0.25, 0.3) is 11.8 Å². The summed E-state index contributed by atoms with van der Waals surface area (Å²) in [6.07, 6.45) is 0. The lowest BCUT2D eigenvalue weighted by atomic mass is 10.1. The molecule has 0 heterocycles. The van der Waals surface area contributed by atoms with Crippen LogP contribution < -0.4 is 15.5 Å². The summed E-state index contributed by atoms with van der Waals surface area (Å²) in [5, 5.41) is 8.47. The van der Waals surface area contributed by atoms with Crippen molar-refractivity contribution in [3.05, 3.63) is 71.8 Å². The van der Waals surface area contributed by atoms with Crippen molar-refractivity contribution in [2.45, 2.75) is 13.0 Å². The number of halogens is 1. The Kier molecular flexibility index (Phi) is 6.29. The van der Waals surface area contributed by atoms with Crippen LogP contribution in [0, 0.1) is 0 Å². The summed E-state index contributed by atoms with van der Waals surface area (Å²) in [5.74, 6) is -0.294. The molecule has 0 aliphatic heterocycles. The van der Waals surface area contributed by atoms with Crippen molar-refractivity contribution >= 4 is 45.6 Å². The molecule has 3 rings (SSSR count). The first kappa shape index (κ1) is 19.9. The van der Waals surface area contributed by atoms with E-state index in [0.29, 0.717) is 10.7 Å². The zero-order valence-electron chi connectivity index (χ0n) is 15.8. The molecule has 2 amide bonds. The smallest absolute Gasteiger partial charge is 0.282 e. The Morgan fingerprint density at radius 2 is 1.64 bits per heavy atom. The predicted molar refractivity (Wildman–Crippen MR) is 114 cm³/mol. The van der Waals surface area contributed by atoms with Gasteiger partial charge in [-0.2, -0.15) is 0 Å². The van der Waals surface area contributed by atoms with Gasteiger partial charge in [0, 0.05) is 21.8 Å². The van der Waals surface area contributed by atoms with Gasteiger partial charge in [0.2, 0.25) is 0 Å². The number of carbonyl (C=O) groups excluding carboxylic acids is 2. The summed E-state index contributed by atoms with van der Waals surface area (Å²) in [4.78, 5) is 25.8. The second-order valence-electron chi connectivity index (χ2n) is 6.82. The highest BCUT2D eigenvalue weighted by molar-refractivity contribution is 6.30. The lowest BCUT2D eigenvalue weighted by molar-refractivity contribution is -0.885. The summed E-state index contributed by atoms with van der Waals surface area (Å²) in [6.45, 7) is 1.98. The fourth-order valence-electron chi connectivity index (χ4n) is 2.94. The Labute approximate surface area is 169 Å². The lowest BCUT2D eigenvalue weighted by Crippen LogP contribution is -3.14. The average molecular weight is 397 g/mol. The molecule has 0 spiro atoms. The minimum absolute atomic E-state index is 0.131. The number of carbonyl (C=O) groups is 2. The van der Waals surface area contributed by atoms with Gasteiger partial charge in [-0.3, -0.25) is 9.59 Å². The molecular weight excluding hydrogens is 374 g/mol. The second kappa shape index (κ2) is 8.87. The van der Waals surface area contributed by atoms with Crippen molar-refractivity contribution in [1.29, 1.82) is 0 Å². The summed E-state index contributed by atoms with van der Waals surface area (Å²) < 4.78 is 0. The zero-order valence-corrected chi connectivity index (χ0v) is 16.6. The molecule has 0 aliphatic carbocycles. The quantitative estimate of drug-likeness (QED) is 0.599. The maximum Gasteiger partial charge on any atom is 0.282 e. The highest BCUT2D eigenvalue weighted by atomic mass is 35.5. The zero-order chi connectivity index (χ0) is 20.1. The van der Waals surface area contributed by atoms with Crippen LogP contribution in [0.5, 0.6) is 0 Å². The number of nitrogens with one attached hydrogen (secondary N) is 3. The first-order chi connectivity index (χ1) is 13.4. The van der Waals surface area contributed by atoms with Gasteiger partial charge in [0.1, 0.15) is 0 Å². The molecule has 6 heteroatoms. The van der Waals surface area contributed by atoms with E-state index in [0.717, 1.165) is 21.4 Å². The first-order valence-electron chi connectivity index (χ1n) is 9.10. The first-order valence-corrected chi connectivity index (χ1v) is 9.48. The Morgan fingerprint density at radius 1 is 0.964 bits per heavy atom. The van der Waals surface area contributed by atoms with Crippen LogP contribution in [0.4, 0.5) is 11.4 Å². The van der Waals surface area contributed by atoms with E-state index in [-0.39, 0.29) is 18.4 Å². The Hall–Kier alpha value is -2.89. The summed E-state index contributed by atoms with van der Waals surface area (Å²) >= 11 is 5.85. The highest BCUT2D eigenvalue weighted by Crippen LogP contribution is 2.22. The van der Waals surface area contributed by atoms with Gasteiger partial charge in [-0.05, 0) is 42.6 Å². The number of hydrogen-bond acceptors (Lipinski definition) is 2. The highest BCUT2D eigenvalue weighted by Gasteiger charge is 2.24. The van der Waals surface area contributed by atoms with Crippen LogP contribution in [0.1, 0.15) is 6.92 Å². The van der Waals surface area contributed by atoms with Gasteiger partial charge in [0.05, 0.1) is 7.05 Å². The average Bonchev–Trinajstić information content (AvgIpc) is 2.69. The minimum atomic E-state index is -0.394. The molecule has 0 aliphatic rings. The minimum Gasteiger partial charge on any atom is -0.321 e. The Morgan fingerprint density at radius 3 is 2.39 bits per heavy atom. The van der Waals surface area contributed by atoms with Gasteiger partial charge < -0.3 is 15.5 Å². The van der Waals surface area contributed by atoms with Crippen molar-refractivity contribution < 1.29 is 14.5 Å². The predicted octanol–water partition coefficient (Wildman–Crippen LogP) is 2.97. The van der Waals surface area contributed by atoms with E-state index in [1.165, 1.54) is 0 Å². The molecule has 3 aromatic rings. The van der Waals surface area contributed by atoms with Crippen LogP contribution >= 0.6 is 11.6 Å². The SMILES string of the molecule is C[C@H](C(=O)Nc1cccc2ccccc12)[NH+](C)CC(=O)Nc1ccc(Cl)cc1. The van der Waals surface area contributed by atoms with Crippen LogP contribution in [-0.2, 0) is 9.59 Å². The number of hydrogen-bond donors (Lipinski definition) is 3. The maximum atomic E-state index is 12.7. The van der Waals surface area contributed by atoms with Crippen molar-refractivity contribution in [2.24, 2.45) is 0 Å². The van der Waals surface area contributed by atoms with E-state index in [1.54, 1.807) is 24.3 Å². The molecule has 28 heavy (non-hydrogen) atoms. The molecule has 0 saturated carbocycles. The molecule has 3 N–H and O–H groups in total. The molecule has 1 unspecified atom stereocenters. The number of amides is 2. The summed E-state index contributed by atoms with van der Waals surface area (Å²) in [6, 6.07) is 20.2. The molecule has 0 bridgehead atoms. The molecule has 0 radical (unpaired) electrons.